The van der Waals surface area contributed by atoms with E-state index in [4.69, 9.17) is 16.1 Å². The SMILES string of the molecule is CCc1nc(-c2cc(S(=O)(=O)Nc3ccc(C)c(Cl)c3)c(C)s2)no1. The number of hydrogen-bond acceptors (Lipinski definition) is 6. The number of aromatic nitrogens is 2. The van der Waals surface area contributed by atoms with Crippen molar-refractivity contribution in [3.63, 3.8) is 0 Å². The van der Waals surface area contributed by atoms with Crippen molar-refractivity contribution >= 4 is 38.6 Å². The Morgan fingerprint density at radius 3 is 2.68 bits per heavy atom. The van der Waals surface area contributed by atoms with E-state index in [0.717, 1.165) is 5.56 Å². The molecule has 0 aliphatic rings. The summed E-state index contributed by atoms with van der Waals surface area (Å²) in [6, 6.07) is 6.58. The van der Waals surface area contributed by atoms with E-state index in [1.807, 2.05) is 13.8 Å². The first-order chi connectivity index (χ1) is 11.8. The Kier molecular flexibility index (Phi) is 4.86. The Hall–Kier alpha value is -1.90. The van der Waals surface area contributed by atoms with Crippen LogP contribution in [0.2, 0.25) is 5.02 Å². The molecular formula is C16H16ClN3O3S2. The maximum atomic E-state index is 12.7. The van der Waals surface area contributed by atoms with Gasteiger partial charge < -0.3 is 4.52 Å². The highest BCUT2D eigenvalue weighted by molar-refractivity contribution is 7.93. The van der Waals surface area contributed by atoms with E-state index in [9.17, 15) is 8.42 Å². The molecule has 9 heteroatoms. The van der Waals surface area contributed by atoms with Gasteiger partial charge in [0.05, 0.1) is 10.6 Å². The maximum Gasteiger partial charge on any atom is 0.263 e. The smallest absolute Gasteiger partial charge is 0.263 e. The third kappa shape index (κ3) is 3.70. The topological polar surface area (TPSA) is 85.1 Å². The van der Waals surface area contributed by atoms with Crippen LogP contribution in [0.15, 0.2) is 33.7 Å². The largest absolute Gasteiger partial charge is 0.339 e. The van der Waals surface area contributed by atoms with Crippen LogP contribution in [0.4, 0.5) is 5.69 Å². The number of aryl methyl sites for hydroxylation is 3. The van der Waals surface area contributed by atoms with Gasteiger partial charge in [0, 0.05) is 16.3 Å². The summed E-state index contributed by atoms with van der Waals surface area (Å²) < 4.78 is 33.1. The molecule has 6 nitrogen and oxygen atoms in total. The van der Waals surface area contributed by atoms with Crippen molar-refractivity contribution in [1.29, 1.82) is 0 Å². The summed E-state index contributed by atoms with van der Waals surface area (Å²) in [4.78, 5) is 5.71. The van der Waals surface area contributed by atoms with Gasteiger partial charge in [-0.05, 0) is 37.6 Å². The summed E-state index contributed by atoms with van der Waals surface area (Å²) in [5.41, 5.74) is 1.29. The molecule has 2 heterocycles. The summed E-state index contributed by atoms with van der Waals surface area (Å²) in [6.45, 7) is 5.50. The van der Waals surface area contributed by atoms with Gasteiger partial charge in [0.2, 0.25) is 11.7 Å². The predicted octanol–water partition coefficient (Wildman–Crippen LogP) is 4.43. The van der Waals surface area contributed by atoms with Gasteiger partial charge in [-0.2, -0.15) is 4.98 Å². The molecule has 0 saturated heterocycles. The van der Waals surface area contributed by atoms with Crippen LogP contribution in [0.1, 0.15) is 23.3 Å². The van der Waals surface area contributed by atoms with Crippen molar-refractivity contribution in [3.05, 3.63) is 45.6 Å². The molecule has 3 rings (SSSR count). The van der Waals surface area contributed by atoms with Gasteiger partial charge in [-0.15, -0.1) is 11.3 Å². The highest BCUT2D eigenvalue weighted by Gasteiger charge is 2.22. The molecule has 0 bridgehead atoms. The minimum atomic E-state index is -3.74. The van der Waals surface area contributed by atoms with E-state index in [2.05, 4.69) is 14.9 Å². The number of hydrogen-bond donors (Lipinski definition) is 1. The maximum absolute atomic E-state index is 12.7. The number of nitrogens with one attached hydrogen (secondary N) is 1. The first-order valence-electron chi connectivity index (χ1n) is 7.52. The zero-order valence-corrected chi connectivity index (χ0v) is 16.2. The number of benzene rings is 1. The van der Waals surface area contributed by atoms with Crippen LogP contribution in [-0.4, -0.2) is 18.6 Å². The lowest BCUT2D eigenvalue weighted by molar-refractivity contribution is 0.383. The fourth-order valence-electron chi connectivity index (χ4n) is 2.21. The molecule has 0 saturated carbocycles. The molecule has 132 valence electrons. The van der Waals surface area contributed by atoms with Crippen LogP contribution in [0.5, 0.6) is 0 Å². The molecule has 0 spiro atoms. The fraction of sp³-hybridized carbons (Fsp3) is 0.250. The Labute approximate surface area is 154 Å². The van der Waals surface area contributed by atoms with Crippen LogP contribution in [0.3, 0.4) is 0 Å². The Bertz CT molecular complexity index is 1030. The molecule has 0 atom stereocenters. The van der Waals surface area contributed by atoms with Crippen LogP contribution in [0, 0.1) is 13.8 Å². The average molecular weight is 398 g/mol. The first kappa shape index (κ1) is 17.9. The second-order valence-corrected chi connectivity index (χ2v) is 8.78. The van der Waals surface area contributed by atoms with E-state index in [-0.39, 0.29) is 4.90 Å². The van der Waals surface area contributed by atoms with E-state index in [0.29, 0.717) is 38.6 Å². The summed E-state index contributed by atoms with van der Waals surface area (Å²) in [7, 11) is -3.74. The molecule has 0 unspecified atom stereocenters. The summed E-state index contributed by atoms with van der Waals surface area (Å²) in [5, 5.41) is 4.39. The van der Waals surface area contributed by atoms with Crippen molar-refractivity contribution in [1.82, 2.24) is 10.1 Å². The zero-order valence-electron chi connectivity index (χ0n) is 13.8. The fourth-order valence-corrected chi connectivity index (χ4v) is 4.96. The summed E-state index contributed by atoms with van der Waals surface area (Å²) >= 11 is 7.36. The molecule has 0 radical (unpaired) electrons. The molecule has 1 N–H and O–H groups in total. The van der Waals surface area contributed by atoms with E-state index < -0.39 is 10.0 Å². The zero-order chi connectivity index (χ0) is 18.2. The van der Waals surface area contributed by atoms with Gasteiger partial charge in [0.1, 0.15) is 4.90 Å². The van der Waals surface area contributed by atoms with Crippen LogP contribution in [-0.2, 0) is 16.4 Å². The highest BCUT2D eigenvalue weighted by atomic mass is 35.5. The van der Waals surface area contributed by atoms with Gasteiger partial charge in [0.25, 0.3) is 10.0 Å². The molecular weight excluding hydrogens is 382 g/mol. The lowest BCUT2D eigenvalue weighted by Gasteiger charge is -2.08. The monoisotopic (exact) mass is 397 g/mol. The highest BCUT2D eigenvalue weighted by Crippen LogP contribution is 2.33. The minimum absolute atomic E-state index is 0.187. The average Bonchev–Trinajstić information content (AvgIpc) is 3.17. The van der Waals surface area contributed by atoms with Gasteiger partial charge >= 0.3 is 0 Å². The third-order valence-electron chi connectivity index (χ3n) is 3.58. The molecule has 2 aromatic heterocycles. The Morgan fingerprint density at radius 2 is 2.04 bits per heavy atom. The molecule has 0 fully saturated rings. The number of anilines is 1. The van der Waals surface area contributed by atoms with Gasteiger partial charge in [0.15, 0.2) is 0 Å². The van der Waals surface area contributed by atoms with Crippen molar-refractivity contribution < 1.29 is 12.9 Å². The number of sulfonamides is 1. The van der Waals surface area contributed by atoms with Gasteiger partial charge in [-0.25, -0.2) is 8.42 Å². The molecule has 1 aromatic carbocycles. The minimum Gasteiger partial charge on any atom is -0.339 e. The third-order valence-corrected chi connectivity index (χ3v) is 6.67. The summed E-state index contributed by atoms with van der Waals surface area (Å²) in [6.07, 6.45) is 0.623. The molecule has 0 amide bonds. The van der Waals surface area contributed by atoms with E-state index >= 15 is 0 Å². The quantitative estimate of drug-likeness (QED) is 0.688. The lowest BCUT2D eigenvalue weighted by atomic mass is 10.2. The standard InChI is InChI=1S/C16H16ClN3O3S2/c1-4-15-18-16(19-23-15)13-8-14(10(3)24-13)25(21,22)20-11-6-5-9(2)12(17)7-11/h5-8,20H,4H2,1-3H3. The molecule has 0 aliphatic carbocycles. The predicted molar refractivity (Wildman–Crippen MR) is 98.7 cm³/mol. The van der Waals surface area contributed by atoms with Crippen molar-refractivity contribution in [2.24, 2.45) is 0 Å². The van der Waals surface area contributed by atoms with Crippen LogP contribution >= 0.6 is 22.9 Å². The van der Waals surface area contributed by atoms with E-state index in [1.165, 1.54) is 11.3 Å². The number of nitrogens with zero attached hydrogens (tertiary/aromatic N) is 2. The first-order valence-corrected chi connectivity index (χ1v) is 10.2. The Balaban J connectivity index is 1.93. The lowest BCUT2D eigenvalue weighted by Crippen LogP contribution is -2.13. The Morgan fingerprint density at radius 1 is 1.28 bits per heavy atom. The van der Waals surface area contributed by atoms with Crippen molar-refractivity contribution in [2.45, 2.75) is 32.1 Å². The van der Waals surface area contributed by atoms with E-state index in [1.54, 1.807) is 31.2 Å². The molecule has 0 aliphatic heterocycles. The van der Waals surface area contributed by atoms with Crippen LogP contribution < -0.4 is 4.72 Å². The normalized spacial score (nSPS) is 11.7. The molecule has 3 aromatic rings. The second kappa shape index (κ2) is 6.78. The van der Waals surface area contributed by atoms with Gasteiger partial charge in [-0.3, -0.25) is 4.72 Å². The van der Waals surface area contributed by atoms with Crippen LogP contribution in [0.25, 0.3) is 10.7 Å². The number of rotatable bonds is 5. The summed E-state index contributed by atoms with van der Waals surface area (Å²) in [5.74, 6) is 0.905. The van der Waals surface area contributed by atoms with Crippen molar-refractivity contribution in [3.8, 4) is 10.7 Å². The number of thiophene rings is 1. The van der Waals surface area contributed by atoms with Gasteiger partial charge in [-0.1, -0.05) is 29.7 Å². The molecule has 25 heavy (non-hydrogen) atoms. The van der Waals surface area contributed by atoms with Crippen molar-refractivity contribution in [2.75, 3.05) is 4.72 Å². The number of halogens is 1. The second-order valence-electron chi connectivity index (χ2n) is 5.47.